The lowest BCUT2D eigenvalue weighted by atomic mass is 10.2. The summed E-state index contributed by atoms with van der Waals surface area (Å²) < 4.78 is 10.1. The van der Waals surface area contributed by atoms with Gasteiger partial charge in [-0.05, 0) is 18.2 Å². The minimum absolute atomic E-state index is 0.283. The zero-order chi connectivity index (χ0) is 9.26. The van der Waals surface area contributed by atoms with Crippen molar-refractivity contribution in [3.63, 3.8) is 0 Å². The third kappa shape index (κ3) is 1.60. The predicted molar refractivity (Wildman–Crippen MR) is 47.2 cm³/mol. The fraction of sp³-hybridized carbons (Fsp3) is 0.222. The predicted octanol–water partition coefficient (Wildman–Crippen LogP) is 1.89. The van der Waals surface area contributed by atoms with Gasteiger partial charge < -0.3 is 9.47 Å². The van der Waals surface area contributed by atoms with Crippen LogP contribution in [-0.4, -0.2) is 19.2 Å². The van der Waals surface area contributed by atoms with Gasteiger partial charge in [0.2, 0.25) is 0 Å². The summed E-state index contributed by atoms with van der Waals surface area (Å²) in [5.74, 6) is 0.155. The first kappa shape index (κ1) is 8.38. The Balaban J connectivity index is 2.49. The molecule has 0 radical (unpaired) electrons. The van der Waals surface area contributed by atoms with Crippen molar-refractivity contribution in [2.24, 2.45) is 0 Å². The summed E-state index contributed by atoms with van der Waals surface area (Å²) in [4.78, 5) is 11.3. The number of ether oxygens (including phenoxy) is 2. The maximum atomic E-state index is 11.3. The smallest absolute Gasteiger partial charge is 0.342 e. The van der Waals surface area contributed by atoms with Gasteiger partial charge in [-0.1, -0.05) is 11.6 Å². The number of cyclic esters (lactones) is 1. The van der Waals surface area contributed by atoms with Gasteiger partial charge >= 0.3 is 5.97 Å². The quantitative estimate of drug-likeness (QED) is 0.598. The fourth-order valence-corrected chi connectivity index (χ4v) is 1.32. The molecule has 0 saturated heterocycles. The minimum atomic E-state index is -0.380. The van der Waals surface area contributed by atoms with E-state index < -0.39 is 0 Å². The maximum Gasteiger partial charge on any atom is 0.342 e. The van der Waals surface area contributed by atoms with E-state index in [0.29, 0.717) is 22.9 Å². The van der Waals surface area contributed by atoms with E-state index in [1.165, 1.54) is 0 Å². The van der Waals surface area contributed by atoms with Gasteiger partial charge in [0.15, 0.2) is 0 Å². The van der Waals surface area contributed by atoms with Crippen LogP contribution in [-0.2, 0) is 4.74 Å². The molecule has 2 rings (SSSR count). The molecule has 4 heteroatoms. The Hall–Kier alpha value is -1.22. The Morgan fingerprint density at radius 1 is 1.23 bits per heavy atom. The van der Waals surface area contributed by atoms with Gasteiger partial charge in [0.05, 0.1) is 0 Å². The van der Waals surface area contributed by atoms with E-state index in [4.69, 9.17) is 21.1 Å². The molecule has 0 unspecified atom stereocenters. The van der Waals surface area contributed by atoms with Crippen molar-refractivity contribution in [1.82, 2.24) is 0 Å². The summed E-state index contributed by atoms with van der Waals surface area (Å²) in [7, 11) is 0. The van der Waals surface area contributed by atoms with Crippen LogP contribution in [0, 0.1) is 0 Å². The van der Waals surface area contributed by atoms with Gasteiger partial charge in [-0.15, -0.1) is 0 Å². The molecule has 1 aliphatic heterocycles. The van der Waals surface area contributed by atoms with Gasteiger partial charge in [-0.25, -0.2) is 4.79 Å². The van der Waals surface area contributed by atoms with Gasteiger partial charge in [0, 0.05) is 5.02 Å². The van der Waals surface area contributed by atoms with Crippen molar-refractivity contribution in [1.29, 1.82) is 0 Å². The molecule has 1 aromatic carbocycles. The monoisotopic (exact) mass is 198 g/mol. The van der Waals surface area contributed by atoms with Crippen LogP contribution < -0.4 is 4.74 Å². The standard InChI is InChI=1S/C9H7ClO3/c10-6-1-2-8-7(5-6)9(11)13-4-3-12-8/h1-2,5H,3-4H2. The number of carbonyl (C=O) groups is 1. The highest BCUT2D eigenvalue weighted by Gasteiger charge is 2.17. The fourth-order valence-electron chi connectivity index (χ4n) is 1.15. The summed E-state index contributed by atoms with van der Waals surface area (Å²) >= 11 is 5.73. The molecule has 0 bridgehead atoms. The molecule has 0 amide bonds. The van der Waals surface area contributed by atoms with E-state index >= 15 is 0 Å². The lowest BCUT2D eigenvalue weighted by Gasteiger charge is -2.03. The summed E-state index contributed by atoms with van der Waals surface area (Å²) in [6, 6.07) is 4.90. The average Bonchev–Trinajstić information content (AvgIpc) is 2.29. The van der Waals surface area contributed by atoms with Crippen LogP contribution in [0.5, 0.6) is 5.75 Å². The molecule has 0 saturated carbocycles. The van der Waals surface area contributed by atoms with E-state index in [0.717, 1.165) is 0 Å². The second-order valence-corrected chi connectivity index (χ2v) is 3.06. The lowest BCUT2D eigenvalue weighted by Crippen LogP contribution is -2.05. The number of rotatable bonds is 0. The third-order valence-electron chi connectivity index (χ3n) is 1.74. The van der Waals surface area contributed by atoms with Crippen LogP contribution in [0.15, 0.2) is 18.2 Å². The zero-order valence-corrected chi connectivity index (χ0v) is 7.50. The van der Waals surface area contributed by atoms with Crippen molar-refractivity contribution in [3.05, 3.63) is 28.8 Å². The number of fused-ring (bicyclic) bond motifs is 1. The summed E-state index contributed by atoms with van der Waals surface area (Å²) in [5.41, 5.74) is 0.394. The van der Waals surface area contributed by atoms with Crippen molar-refractivity contribution in [2.75, 3.05) is 13.2 Å². The molecule has 0 spiro atoms. The highest BCUT2D eigenvalue weighted by molar-refractivity contribution is 6.31. The van der Waals surface area contributed by atoms with Crippen LogP contribution in [0.3, 0.4) is 0 Å². The first-order valence-corrected chi connectivity index (χ1v) is 4.24. The average molecular weight is 199 g/mol. The second kappa shape index (κ2) is 3.26. The minimum Gasteiger partial charge on any atom is -0.489 e. The number of esters is 1. The van der Waals surface area contributed by atoms with Crippen LogP contribution in [0.2, 0.25) is 5.02 Å². The summed E-state index contributed by atoms with van der Waals surface area (Å²) in [5, 5.41) is 0.501. The highest BCUT2D eigenvalue weighted by atomic mass is 35.5. The molecule has 0 N–H and O–H groups in total. The zero-order valence-electron chi connectivity index (χ0n) is 6.75. The van der Waals surface area contributed by atoms with Crippen molar-refractivity contribution in [3.8, 4) is 5.75 Å². The van der Waals surface area contributed by atoms with Crippen LogP contribution in [0.4, 0.5) is 0 Å². The first-order valence-electron chi connectivity index (χ1n) is 3.87. The molecule has 0 aliphatic carbocycles. The number of carbonyl (C=O) groups excluding carboxylic acids is 1. The topological polar surface area (TPSA) is 35.5 Å². The van der Waals surface area contributed by atoms with Gasteiger partial charge in [0.1, 0.15) is 24.5 Å². The summed E-state index contributed by atoms with van der Waals surface area (Å²) in [6.07, 6.45) is 0. The van der Waals surface area contributed by atoms with Crippen LogP contribution in [0.25, 0.3) is 0 Å². The Morgan fingerprint density at radius 2 is 2.00 bits per heavy atom. The Morgan fingerprint density at radius 3 is 2.85 bits per heavy atom. The molecular weight excluding hydrogens is 192 g/mol. The van der Waals surface area contributed by atoms with Gasteiger partial charge in [-0.3, -0.25) is 0 Å². The maximum absolute atomic E-state index is 11.3. The largest absolute Gasteiger partial charge is 0.489 e. The Labute approximate surface area is 80.2 Å². The number of hydrogen-bond donors (Lipinski definition) is 0. The van der Waals surface area contributed by atoms with E-state index in [9.17, 15) is 4.79 Å². The molecule has 3 nitrogen and oxygen atoms in total. The Kier molecular flexibility index (Phi) is 2.10. The molecule has 0 atom stereocenters. The SMILES string of the molecule is O=C1OCCOc2ccc(Cl)cc21. The third-order valence-corrected chi connectivity index (χ3v) is 1.97. The molecule has 0 fully saturated rings. The molecule has 1 aromatic rings. The number of hydrogen-bond acceptors (Lipinski definition) is 3. The van der Waals surface area contributed by atoms with Crippen LogP contribution >= 0.6 is 11.6 Å². The normalized spacial score (nSPS) is 15.3. The van der Waals surface area contributed by atoms with Crippen molar-refractivity contribution < 1.29 is 14.3 Å². The molecule has 1 heterocycles. The second-order valence-electron chi connectivity index (χ2n) is 2.62. The number of benzene rings is 1. The molecule has 68 valence electrons. The van der Waals surface area contributed by atoms with Gasteiger partial charge in [-0.2, -0.15) is 0 Å². The molecule has 13 heavy (non-hydrogen) atoms. The first-order chi connectivity index (χ1) is 6.27. The van der Waals surface area contributed by atoms with Crippen LogP contribution in [0.1, 0.15) is 10.4 Å². The molecular formula is C9H7ClO3. The van der Waals surface area contributed by atoms with E-state index in [1.54, 1.807) is 18.2 Å². The highest BCUT2D eigenvalue weighted by Crippen LogP contribution is 2.25. The summed E-state index contributed by atoms with van der Waals surface area (Å²) in [6.45, 7) is 0.672. The molecule has 0 aromatic heterocycles. The van der Waals surface area contributed by atoms with E-state index in [1.807, 2.05) is 0 Å². The lowest BCUT2D eigenvalue weighted by molar-refractivity contribution is 0.0492. The Bertz CT molecular complexity index is 349. The number of halogens is 1. The molecule has 1 aliphatic rings. The van der Waals surface area contributed by atoms with E-state index in [-0.39, 0.29) is 12.6 Å². The van der Waals surface area contributed by atoms with Gasteiger partial charge in [0.25, 0.3) is 0 Å². The van der Waals surface area contributed by atoms with Crippen molar-refractivity contribution >= 4 is 17.6 Å². The van der Waals surface area contributed by atoms with E-state index in [2.05, 4.69) is 0 Å². The van der Waals surface area contributed by atoms with Crippen molar-refractivity contribution in [2.45, 2.75) is 0 Å².